The normalized spacial score (nSPS) is 11.7. The molecule has 0 fully saturated rings. The summed E-state index contributed by atoms with van der Waals surface area (Å²) in [5, 5.41) is -0.241. The van der Waals surface area contributed by atoms with Crippen LogP contribution in [0.25, 0.3) is 0 Å². The highest BCUT2D eigenvalue weighted by Crippen LogP contribution is 2.38. The molecule has 150 valence electrons. The molecule has 0 N–H and O–H groups in total. The molecule has 0 saturated carbocycles. The highest BCUT2D eigenvalue weighted by molar-refractivity contribution is 8.00. The summed E-state index contributed by atoms with van der Waals surface area (Å²) >= 11 is 1.22. The van der Waals surface area contributed by atoms with E-state index >= 15 is 0 Å². The summed E-state index contributed by atoms with van der Waals surface area (Å²) in [4.78, 5) is 21.6. The third kappa shape index (κ3) is 5.06. The molecule has 0 amide bonds. The zero-order chi connectivity index (χ0) is 20.6. The Morgan fingerprint density at radius 3 is 1.72 bits per heavy atom. The van der Waals surface area contributed by atoms with Gasteiger partial charge in [-0.3, -0.25) is 4.79 Å². The van der Waals surface area contributed by atoms with Crippen molar-refractivity contribution >= 4 is 17.7 Å². The molecule has 1 atom stereocenters. The van der Waals surface area contributed by atoms with E-state index in [0.717, 1.165) is 11.1 Å². The van der Waals surface area contributed by atoms with Crippen LogP contribution >= 0.6 is 11.8 Å². The molecule has 7 heteroatoms. The van der Waals surface area contributed by atoms with Crippen molar-refractivity contribution in [1.29, 1.82) is 0 Å². The van der Waals surface area contributed by atoms with Crippen molar-refractivity contribution in [2.24, 2.45) is 0 Å². The number of aromatic nitrogens is 2. The van der Waals surface area contributed by atoms with E-state index in [1.165, 1.54) is 33.1 Å². The van der Waals surface area contributed by atoms with Gasteiger partial charge in [0.05, 0.1) is 27.4 Å². The second-order valence-corrected chi connectivity index (χ2v) is 7.20. The average molecular weight is 410 g/mol. The van der Waals surface area contributed by atoms with Crippen LogP contribution in [0.5, 0.6) is 11.8 Å². The van der Waals surface area contributed by atoms with Crippen LogP contribution in [-0.2, 0) is 9.53 Å². The van der Waals surface area contributed by atoms with Crippen molar-refractivity contribution in [2.45, 2.75) is 16.3 Å². The number of carbonyl (C=O) groups excluding carboxylic acids is 1. The van der Waals surface area contributed by atoms with Gasteiger partial charge in [-0.15, -0.1) is 0 Å². The fourth-order valence-corrected chi connectivity index (χ4v) is 4.15. The lowest BCUT2D eigenvalue weighted by Gasteiger charge is -2.25. The SMILES string of the molecule is COC(=O)C(Sc1nc(OC)cc(OC)n1)C(c1ccccc1)c1ccccc1. The summed E-state index contributed by atoms with van der Waals surface area (Å²) in [5.74, 6) is 0.103. The van der Waals surface area contributed by atoms with Crippen LogP contribution in [0.15, 0.2) is 71.9 Å². The minimum Gasteiger partial charge on any atom is -0.481 e. The van der Waals surface area contributed by atoms with Gasteiger partial charge in [0.15, 0.2) is 5.16 Å². The third-order valence-electron chi connectivity index (χ3n) is 4.36. The summed E-state index contributed by atoms with van der Waals surface area (Å²) in [6.45, 7) is 0. The molecule has 0 bridgehead atoms. The molecule has 0 spiro atoms. The van der Waals surface area contributed by atoms with Crippen molar-refractivity contribution < 1.29 is 19.0 Å². The largest absolute Gasteiger partial charge is 0.481 e. The number of hydrogen-bond donors (Lipinski definition) is 0. The Labute approximate surface area is 174 Å². The van der Waals surface area contributed by atoms with E-state index in [4.69, 9.17) is 14.2 Å². The van der Waals surface area contributed by atoms with Gasteiger partial charge >= 0.3 is 5.97 Å². The number of esters is 1. The van der Waals surface area contributed by atoms with E-state index in [2.05, 4.69) is 9.97 Å². The van der Waals surface area contributed by atoms with Gasteiger partial charge in [-0.1, -0.05) is 72.4 Å². The minimum absolute atomic E-state index is 0.254. The first-order valence-electron chi connectivity index (χ1n) is 8.97. The van der Waals surface area contributed by atoms with Crippen LogP contribution in [0.2, 0.25) is 0 Å². The molecule has 3 aromatic rings. The number of rotatable bonds is 8. The Balaban J connectivity index is 2.07. The van der Waals surface area contributed by atoms with Crippen molar-refractivity contribution in [3.63, 3.8) is 0 Å². The van der Waals surface area contributed by atoms with Crippen molar-refractivity contribution in [3.05, 3.63) is 77.9 Å². The number of carbonyl (C=O) groups is 1. The molecule has 0 aliphatic carbocycles. The van der Waals surface area contributed by atoms with Crippen LogP contribution in [0.3, 0.4) is 0 Å². The summed E-state index contributed by atoms with van der Waals surface area (Å²) < 4.78 is 15.6. The molecule has 0 aliphatic heterocycles. The topological polar surface area (TPSA) is 70.5 Å². The average Bonchev–Trinajstić information content (AvgIpc) is 2.79. The Bertz CT molecular complexity index is 876. The molecule has 3 rings (SSSR count). The van der Waals surface area contributed by atoms with Gasteiger partial charge in [0.2, 0.25) is 11.8 Å². The van der Waals surface area contributed by atoms with Gasteiger partial charge in [0.25, 0.3) is 0 Å². The minimum atomic E-state index is -0.610. The van der Waals surface area contributed by atoms with E-state index in [0.29, 0.717) is 16.9 Å². The van der Waals surface area contributed by atoms with Gasteiger partial charge in [-0.05, 0) is 11.1 Å². The molecule has 1 unspecified atom stereocenters. The number of benzene rings is 2. The number of thioether (sulfide) groups is 1. The predicted molar refractivity (Wildman–Crippen MR) is 112 cm³/mol. The molecule has 0 saturated heterocycles. The second-order valence-electron chi connectivity index (χ2n) is 6.10. The Morgan fingerprint density at radius 1 is 0.828 bits per heavy atom. The van der Waals surface area contributed by atoms with Crippen LogP contribution in [0.4, 0.5) is 0 Å². The fourth-order valence-electron chi connectivity index (χ4n) is 2.99. The lowest BCUT2D eigenvalue weighted by Crippen LogP contribution is -2.27. The predicted octanol–water partition coefficient (Wildman–Crippen LogP) is 3.96. The summed E-state index contributed by atoms with van der Waals surface area (Å²) in [7, 11) is 4.42. The van der Waals surface area contributed by atoms with Gasteiger partial charge < -0.3 is 14.2 Å². The van der Waals surface area contributed by atoms with E-state index in [-0.39, 0.29) is 11.9 Å². The van der Waals surface area contributed by atoms with Crippen LogP contribution in [0.1, 0.15) is 17.0 Å². The molecule has 0 radical (unpaired) electrons. The zero-order valence-electron chi connectivity index (χ0n) is 16.4. The maximum Gasteiger partial charge on any atom is 0.320 e. The molecule has 2 aromatic carbocycles. The van der Waals surface area contributed by atoms with Crippen LogP contribution in [-0.4, -0.2) is 42.5 Å². The van der Waals surface area contributed by atoms with Gasteiger partial charge in [-0.25, -0.2) is 0 Å². The number of methoxy groups -OCH3 is 3. The smallest absolute Gasteiger partial charge is 0.320 e. The van der Waals surface area contributed by atoms with E-state index in [9.17, 15) is 4.79 Å². The Kier molecular flexibility index (Phi) is 7.08. The van der Waals surface area contributed by atoms with Crippen LogP contribution < -0.4 is 9.47 Å². The van der Waals surface area contributed by atoms with Crippen LogP contribution in [0, 0.1) is 0 Å². The van der Waals surface area contributed by atoms with E-state index in [1.54, 1.807) is 6.07 Å². The van der Waals surface area contributed by atoms with Crippen molar-refractivity contribution in [3.8, 4) is 11.8 Å². The Morgan fingerprint density at radius 2 is 1.31 bits per heavy atom. The molecule has 29 heavy (non-hydrogen) atoms. The van der Waals surface area contributed by atoms with E-state index < -0.39 is 5.25 Å². The zero-order valence-corrected chi connectivity index (χ0v) is 17.3. The van der Waals surface area contributed by atoms with Crippen molar-refractivity contribution in [2.75, 3.05) is 21.3 Å². The monoisotopic (exact) mass is 410 g/mol. The first kappa shape index (κ1) is 20.7. The lowest BCUT2D eigenvalue weighted by atomic mass is 9.88. The molecule has 1 heterocycles. The number of ether oxygens (including phenoxy) is 3. The quantitative estimate of drug-likeness (QED) is 0.316. The summed E-state index contributed by atoms with van der Waals surface area (Å²) in [6.07, 6.45) is 0. The van der Waals surface area contributed by atoms with E-state index in [1.807, 2.05) is 60.7 Å². The first-order chi connectivity index (χ1) is 14.2. The second kappa shape index (κ2) is 9.93. The highest BCUT2D eigenvalue weighted by atomic mass is 32.2. The molecular weight excluding hydrogens is 388 g/mol. The lowest BCUT2D eigenvalue weighted by molar-refractivity contribution is -0.140. The van der Waals surface area contributed by atoms with Gasteiger partial charge in [0, 0.05) is 5.92 Å². The summed E-state index contributed by atoms with van der Waals surface area (Å²) in [6, 6.07) is 21.3. The summed E-state index contributed by atoms with van der Waals surface area (Å²) in [5.41, 5.74) is 1.99. The molecule has 6 nitrogen and oxygen atoms in total. The van der Waals surface area contributed by atoms with Gasteiger partial charge in [-0.2, -0.15) is 9.97 Å². The van der Waals surface area contributed by atoms with Gasteiger partial charge in [0.1, 0.15) is 5.25 Å². The maximum atomic E-state index is 12.9. The number of nitrogens with zero attached hydrogens (tertiary/aromatic N) is 2. The Hall–Kier alpha value is -3.06. The maximum absolute atomic E-state index is 12.9. The standard InChI is InChI=1S/C22H22N2O4S/c1-26-17-14-18(27-2)24-22(23-17)29-20(21(25)28-3)19(15-10-6-4-7-11-15)16-12-8-5-9-13-16/h4-14,19-20H,1-3H3. The highest BCUT2D eigenvalue weighted by Gasteiger charge is 2.34. The van der Waals surface area contributed by atoms with Crippen molar-refractivity contribution in [1.82, 2.24) is 9.97 Å². The number of hydrogen-bond acceptors (Lipinski definition) is 7. The molecule has 0 aliphatic rings. The molecular formula is C22H22N2O4S. The first-order valence-corrected chi connectivity index (χ1v) is 9.85. The third-order valence-corrected chi connectivity index (χ3v) is 5.47. The fraction of sp³-hybridized carbons (Fsp3) is 0.227. The molecule has 1 aromatic heterocycles.